The zero-order valence-corrected chi connectivity index (χ0v) is 2.32. The van der Waals surface area contributed by atoms with E-state index in [4.69, 9.17) is 0 Å². The van der Waals surface area contributed by atoms with Gasteiger partial charge in [0.15, 0.2) is 0 Å². The summed E-state index contributed by atoms with van der Waals surface area (Å²) in [6, 6.07) is 0. The van der Waals surface area contributed by atoms with Gasteiger partial charge in [-0.1, -0.05) is 0 Å². The summed E-state index contributed by atoms with van der Waals surface area (Å²) in [4.78, 5) is 9.56. The third-order valence-corrected chi connectivity index (χ3v) is 0.454. The fourth-order valence-electron chi connectivity index (χ4n) is 0.0510. The molecule has 0 aromatic carbocycles. The first-order valence-corrected chi connectivity index (χ1v) is 1.41. The van der Waals surface area contributed by atoms with Crippen molar-refractivity contribution in [1.29, 1.82) is 0 Å². The van der Waals surface area contributed by atoms with Crippen molar-refractivity contribution >= 4 is 57.2 Å². The molecule has 0 aromatic heterocycles. The third-order valence-electron chi connectivity index (χ3n) is 0.454. The molecule has 1 nitrogen and oxygen atoms in total. The van der Waals surface area contributed by atoms with E-state index in [2.05, 4.69) is 0 Å². The monoisotopic (exact) mass is 96.0 g/mol. The summed E-state index contributed by atoms with van der Waals surface area (Å²) in [5.41, 5.74) is 0. The molecule has 0 aromatic rings. The summed E-state index contributed by atoms with van der Waals surface area (Å²) in [6.07, 6.45) is 1.69. The van der Waals surface area contributed by atoms with Crippen LogP contribution >= 0.6 is 0 Å². The minimum absolute atomic E-state index is 0. The number of rotatable bonds is 0. The first kappa shape index (κ1) is 6.31. The molecule has 0 saturated heterocycles. The number of ketones is 1. The average molecular weight is 96.2 g/mol. The van der Waals surface area contributed by atoms with Crippen LogP contribution in [0.25, 0.3) is 0 Å². The molecule has 0 heterocycles. The molecule has 1 rings (SSSR count). The van der Waals surface area contributed by atoms with Crippen LogP contribution in [-0.2, 0) is 4.79 Å². The van der Waals surface area contributed by atoms with E-state index in [0.29, 0.717) is 5.78 Å². The number of hydrogen-bond donors (Lipinski definition) is 0. The second-order valence-electron chi connectivity index (χ2n) is 1.04. The first-order valence-electron chi connectivity index (χ1n) is 1.41. The first-order chi connectivity index (χ1) is 1.89. The van der Waals surface area contributed by atoms with Crippen LogP contribution in [-0.4, -0.2) is 57.2 Å². The van der Waals surface area contributed by atoms with Crippen LogP contribution in [0.15, 0.2) is 0 Å². The van der Waals surface area contributed by atoms with E-state index in [0.717, 1.165) is 12.8 Å². The van der Waals surface area contributed by atoms with Crippen LogP contribution in [0.3, 0.4) is 0 Å². The van der Waals surface area contributed by atoms with Gasteiger partial charge in [0.2, 0.25) is 0 Å². The Morgan fingerprint density at radius 1 is 1.40 bits per heavy atom. The zero-order valence-electron chi connectivity index (χ0n) is 2.32. The van der Waals surface area contributed by atoms with Gasteiger partial charge >= 0.3 is 51.4 Å². The SMILES string of the molecule is O=C1CC1.[KH]. The topological polar surface area (TPSA) is 17.1 Å². The van der Waals surface area contributed by atoms with Gasteiger partial charge in [-0.25, -0.2) is 0 Å². The standard InChI is InChI=1S/C3H4O.K.H/c4-3-1-2-3;;/h1-2H2;;. The Morgan fingerprint density at radius 3 is 1.60 bits per heavy atom. The Labute approximate surface area is 73.5 Å². The van der Waals surface area contributed by atoms with Crippen molar-refractivity contribution in [1.82, 2.24) is 0 Å². The van der Waals surface area contributed by atoms with Crippen molar-refractivity contribution in [2.45, 2.75) is 12.8 Å². The van der Waals surface area contributed by atoms with Crippen molar-refractivity contribution in [2.24, 2.45) is 0 Å². The van der Waals surface area contributed by atoms with Gasteiger partial charge in [0.1, 0.15) is 5.78 Å². The van der Waals surface area contributed by atoms with Gasteiger partial charge in [0, 0.05) is 12.8 Å². The van der Waals surface area contributed by atoms with Crippen molar-refractivity contribution in [2.75, 3.05) is 0 Å². The normalized spacial score (nSPS) is 17.2. The van der Waals surface area contributed by atoms with Crippen LogP contribution in [0.2, 0.25) is 0 Å². The van der Waals surface area contributed by atoms with Crippen LogP contribution in [0, 0.1) is 0 Å². The van der Waals surface area contributed by atoms with Crippen LogP contribution in [0.1, 0.15) is 12.8 Å². The molecule has 1 saturated carbocycles. The molecular formula is C3H5KO. The molecule has 0 aliphatic heterocycles. The average Bonchev–Trinajstić information content (AvgIpc) is 1.75. The molecule has 24 valence electrons. The Balaban J connectivity index is 0.000000160. The molecular weight excluding hydrogens is 91.1 g/mol. The molecule has 0 atom stereocenters. The molecule has 0 unspecified atom stereocenters. The molecule has 0 bridgehead atoms. The predicted octanol–water partition coefficient (Wildman–Crippen LogP) is -0.299. The van der Waals surface area contributed by atoms with E-state index in [1.165, 1.54) is 0 Å². The predicted molar refractivity (Wildman–Crippen MR) is 21.4 cm³/mol. The van der Waals surface area contributed by atoms with Gasteiger partial charge in [0.05, 0.1) is 0 Å². The van der Waals surface area contributed by atoms with Gasteiger partial charge in [-0.05, 0) is 0 Å². The molecule has 0 amide bonds. The minimum atomic E-state index is 0. The molecule has 5 heavy (non-hydrogen) atoms. The fraction of sp³-hybridized carbons (Fsp3) is 0.667. The van der Waals surface area contributed by atoms with E-state index in [1.54, 1.807) is 0 Å². The van der Waals surface area contributed by atoms with Crippen LogP contribution < -0.4 is 0 Å². The molecule has 0 spiro atoms. The van der Waals surface area contributed by atoms with Crippen molar-refractivity contribution in [3.63, 3.8) is 0 Å². The Morgan fingerprint density at radius 2 is 1.60 bits per heavy atom. The second kappa shape index (κ2) is 2.47. The summed E-state index contributed by atoms with van der Waals surface area (Å²) in [6.45, 7) is 0. The molecule has 2 heteroatoms. The Kier molecular flexibility index (Phi) is 3.12. The number of carbonyl (C=O) groups is 1. The van der Waals surface area contributed by atoms with E-state index < -0.39 is 0 Å². The quantitative estimate of drug-likeness (QED) is 0.378. The van der Waals surface area contributed by atoms with Gasteiger partial charge in [-0.2, -0.15) is 0 Å². The summed E-state index contributed by atoms with van der Waals surface area (Å²) in [5, 5.41) is 0. The molecule has 1 fully saturated rings. The maximum absolute atomic E-state index is 9.56. The second-order valence-corrected chi connectivity index (χ2v) is 1.04. The summed E-state index contributed by atoms with van der Waals surface area (Å²) in [5.74, 6) is 0.417. The fourth-order valence-corrected chi connectivity index (χ4v) is 0.0510. The number of hydrogen-bond acceptors (Lipinski definition) is 1. The van der Waals surface area contributed by atoms with Gasteiger partial charge in [-0.15, -0.1) is 0 Å². The van der Waals surface area contributed by atoms with Crippen LogP contribution in [0.4, 0.5) is 0 Å². The maximum atomic E-state index is 9.56. The van der Waals surface area contributed by atoms with Crippen molar-refractivity contribution in [3.8, 4) is 0 Å². The number of carbonyl (C=O) groups excluding carboxylic acids is 1. The van der Waals surface area contributed by atoms with Crippen LogP contribution in [0.5, 0.6) is 0 Å². The van der Waals surface area contributed by atoms with Crippen molar-refractivity contribution in [3.05, 3.63) is 0 Å². The molecule has 1 aliphatic rings. The van der Waals surface area contributed by atoms with Gasteiger partial charge in [0.25, 0.3) is 0 Å². The van der Waals surface area contributed by atoms with Crippen molar-refractivity contribution < 1.29 is 4.79 Å². The van der Waals surface area contributed by atoms with E-state index in [-0.39, 0.29) is 51.4 Å². The van der Waals surface area contributed by atoms with E-state index in [9.17, 15) is 4.79 Å². The van der Waals surface area contributed by atoms with E-state index >= 15 is 0 Å². The summed E-state index contributed by atoms with van der Waals surface area (Å²) < 4.78 is 0. The van der Waals surface area contributed by atoms with Gasteiger partial charge < -0.3 is 0 Å². The van der Waals surface area contributed by atoms with E-state index in [1.807, 2.05) is 0 Å². The molecule has 0 N–H and O–H groups in total. The third kappa shape index (κ3) is 3.13. The summed E-state index contributed by atoms with van der Waals surface area (Å²) in [7, 11) is 0. The summed E-state index contributed by atoms with van der Waals surface area (Å²) >= 11 is 0. The Bertz CT molecular complexity index is 44.9. The number of Topliss-reactive ketones (excluding diaryl/α,β-unsaturated/α-hetero) is 1. The Hall–Kier alpha value is 1.31. The van der Waals surface area contributed by atoms with Gasteiger partial charge in [-0.3, -0.25) is 4.79 Å². The zero-order chi connectivity index (χ0) is 2.99. The molecule has 1 aliphatic carbocycles. The molecule has 0 radical (unpaired) electrons.